The Morgan fingerprint density at radius 3 is 2.05 bits per heavy atom. The minimum atomic E-state index is -0.309. The van der Waals surface area contributed by atoms with Crippen molar-refractivity contribution in [1.82, 2.24) is 0 Å². The van der Waals surface area contributed by atoms with Crippen molar-refractivity contribution in [1.29, 1.82) is 0 Å². The Balaban J connectivity index is 3.29. The Morgan fingerprint density at radius 1 is 1.05 bits per heavy atom. The van der Waals surface area contributed by atoms with Crippen molar-refractivity contribution < 1.29 is 9.53 Å². The number of rotatable bonds is 13. The lowest BCUT2D eigenvalue weighted by Crippen LogP contribution is -2.14. The smallest absolute Gasteiger partial charge is 0.333 e. The molecule has 20 heavy (non-hydrogen) atoms. The molecule has 118 valence electrons. The molecule has 1 atom stereocenters. The third kappa shape index (κ3) is 12.6. The third-order valence-corrected chi connectivity index (χ3v) is 3.80. The summed E-state index contributed by atoms with van der Waals surface area (Å²) in [7, 11) is 0. The van der Waals surface area contributed by atoms with Crippen LogP contribution in [0.1, 0.15) is 78.1 Å². The molecule has 0 spiro atoms. The average Bonchev–Trinajstić information content (AvgIpc) is 2.42. The van der Waals surface area contributed by atoms with Crippen molar-refractivity contribution in [2.45, 2.75) is 83.3 Å². The van der Waals surface area contributed by atoms with E-state index in [9.17, 15) is 4.79 Å². The summed E-state index contributed by atoms with van der Waals surface area (Å²) in [5, 5.41) is 0.155. The van der Waals surface area contributed by atoms with E-state index in [0.717, 1.165) is 6.42 Å². The number of esters is 1. The van der Waals surface area contributed by atoms with E-state index in [2.05, 4.69) is 26.1 Å². The highest BCUT2D eigenvalue weighted by atomic mass is 32.1. The molecule has 0 saturated heterocycles. The van der Waals surface area contributed by atoms with Crippen LogP contribution in [0.4, 0.5) is 0 Å². The first-order chi connectivity index (χ1) is 9.57. The second kappa shape index (κ2) is 13.5. The lowest BCUT2D eigenvalue weighted by atomic mass is 10.1. The summed E-state index contributed by atoms with van der Waals surface area (Å²) in [6.07, 6.45) is 13.0. The number of thiol groups is 1. The Labute approximate surface area is 130 Å². The van der Waals surface area contributed by atoms with Crippen molar-refractivity contribution in [2.24, 2.45) is 0 Å². The molecule has 0 aromatic rings. The van der Waals surface area contributed by atoms with Crippen molar-refractivity contribution in [2.75, 3.05) is 6.61 Å². The minimum absolute atomic E-state index is 0.155. The molecular formula is C17H32O2S. The van der Waals surface area contributed by atoms with Gasteiger partial charge in [-0.2, -0.15) is 12.6 Å². The molecule has 0 heterocycles. The van der Waals surface area contributed by atoms with Gasteiger partial charge in [0.15, 0.2) is 0 Å². The van der Waals surface area contributed by atoms with Gasteiger partial charge in [-0.1, -0.05) is 71.3 Å². The third-order valence-electron chi connectivity index (χ3n) is 3.40. The van der Waals surface area contributed by atoms with Gasteiger partial charge < -0.3 is 4.74 Å². The first-order valence-corrected chi connectivity index (χ1v) is 8.60. The van der Waals surface area contributed by atoms with Gasteiger partial charge in [0.1, 0.15) is 6.61 Å². The fourth-order valence-corrected chi connectivity index (χ4v) is 2.33. The van der Waals surface area contributed by atoms with Gasteiger partial charge in [-0.3, -0.25) is 0 Å². The lowest BCUT2D eigenvalue weighted by molar-refractivity contribution is -0.138. The molecule has 0 radical (unpaired) electrons. The van der Waals surface area contributed by atoms with Crippen LogP contribution in [0.2, 0.25) is 0 Å². The number of hydrogen-bond donors (Lipinski definition) is 1. The number of carbonyl (C=O) groups is 1. The number of unbranched alkanes of at least 4 members (excludes halogenated alkanes) is 8. The van der Waals surface area contributed by atoms with E-state index in [-0.39, 0.29) is 11.2 Å². The van der Waals surface area contributed by atoms with Crippen molar-refractivity contribution in [3.8, 4) is 0 Å². The summed E-state index contributed by atoms with van der Waals surface area (Å²) in [5.74, 6) is -0.309. The van der Waals surface area contributed by atoms with Crippen LogP contribution in [-0.4, -0.2) is 17.8 Å². The molecule has 0 bridgehead atoms. The maximum Gasteiger partial charge on any atom is 0.333 e. The predicted molar refractivity (Wildman–Crippen MR) is 90.4 cm³/mol. The monoisotopic (exact) mass is 300 g/mol. The molecule has 0 saturated carbocycles. The largest absolute Gasteiger partial charge is 0.461 e. The lowest BCUT2D eigenvalue weighted by Gasteiger charge is -2.11. The molecule has 0 aliphatic heterocycles. The summed E-state index contributed by atoms with van der Waals surface area (Å²) in [6.45, 7) is 7.87. The Kier molecular flexibility index (Phi) is 13.2. The maximum atomic E-state index is 11.2. The number of carbonyl (C=O) groups excluding carboxylic acids is 1. The molecule has 0 rings (SSSR count). The first kappa shape index (κ1) is 19.6. The van der Waals surface area contributed by atoms with Crippen LogP contribution in [0.25, 0.3) is 0 Å². The molecule has 0 aromatic carbocycles. The zero-order chi connectivity index (χ0) is 15.2. The average molecular weight is 301 g/mol. The minimum Gasteiger partial charge on any atom is -0.461 e. The van der Waals surface area contributed by atoms with Crippen LogP contribution in [0.3, 0.4) is 0 Å². The zero-order valence-electron chi connectivity index (χ0n) is 13.3. The van der Waals surface area contributed by atoms with Crippen molar-refractivity contribution in [3.63, 3.8) is 0 Å². The van der Waals surface area contributed by atoms with E-state index in [0.29, 0.717) is 12.2 Å². The maximum absolute atomic E-state index is 11.2. The van der Waals surface area contributed by atoms with Gasteiger partial charge in [0.2, 0.25) is 0 Å². The standard InChI is InChI=1S/C17H32O2S/c1-4-5-6-7-8-9-10-11-12-13-16(20)14-19-17(18)15(2)3/h16,20H,2,4-14H2,1,3H3. The first-order valence-electron chi connectivity index (χ1n) is 8.08. The highest BCUT2D eigenvalue weighted by molar-refractivity contribution is 7.81. The normalized spacial score (nSPS) is 12.2. The van der Waals surface area contributed by atoms with E-state index in [1.807, 2.05) is 0 Å². The molecule has 1 unspecified atom stereocenters. The Morgan fingerprint density at radius 2 is 1.55 bits per heavy atom. The Hall–Kier alpha value is -0.440. The second-order valence-electron chi connectivity index (χ2n) is 5.65. The molecule has 0 aliphatic carbocycles. The number of hydrogen-bond acceptors (Lipinski definition) is 3. The molecule has 0 N–H and O–H groups in total. The summed E-state index contributed by atoms with van der Waals surface area (Å²) in [4.78, 5) is 11.2. The van der Waals surface area contributed by atoms with Gasteiger partial charge >= 0.3 is 5.97 Å². The van der Waals surface area contributed by atoms with Crippen molar-refractivity contribution >= 4 is 18.6 Å². The van der Waals surface area contributed by atoms with E-state index >= 15 is 0 Å². The molecule has 0 aliphatic rings. The predicted octanol–water partition coefficient (Wildman–Crippen LogP) is 5.33. The number of ether oxygens (including phenoxy) is 1. The van der Waals surface area contributed by atoms with Crippen LogP contribution in [0.5, 0.6) is 0 Å². The summed E-state index contributed by atoms with van der Waals surface area (Å²) in [6, 6.07) is 0. The van der Waals surface area contributed by atoms with Crippen LogP contribution in [-0.2, 0) is 9.53 Å². The van der Waals surface area contributed by atoms with E-state index in [1.165, 1.54) is 57.8 Å². The van der Waals surface area contributed by atoms with Crippen LogP contribution >= 0.6 is 12.6 Å². The van der Waals surface area contributed by atoms with Gasteiger partial charge in [0.05, 0.1) is 0 Å². The fourth-order valence-electron chi connectivity index (χ4n) is 2.07. The quantitative estimate of drug-likeness (QED) is 0.215. The van der Waals surface area contributed by atoms with Crippen LogP contribution < -0.4 is 0 Å². The molecule has 0 fully saturated rings. The van der Waals surface area contributed by atoms with E-state index in [4.69, 9.17) is 4.74 Å². The molecule has 3 heteroatoms. The molecular weight excluding hydrogens is 268 g/mol. The molecule has 2 nitrogen and oxygen atoms in total. The van der Waals surface area contributed by atoms with Crippen LogP contribution in [0, 0.1) is 0 Å². The highest BCUT2D eigenvalue weighted by Crippen LogP contribution is 2.13. The highest BCUT2D eigenvalue weighted by Gasteiger charge is 2.08. The summed E-state index contributed by atoms with van der Waals surface area (Å²) in [5.41, 5.74) is 0.452. The topological polar surface area (TPSA) is 26.3 Å². The van der Waals surface area contributed by atoms with Crippen LogP contribution in [0.15, 0.2) is 12.2 Å². The van der Waals surface area contributed by atoms with E-state index < -0.39 is 0 Å². The fraction of sp³-hybridized carbons (Fsp3) is 0.824. The SMILES string of the molecule is C=C(C)C(=O)OCC(S)CCCCCCCCCCC. The van der Waals surface area contributed by atoms with Gasteiger partial charge in [0, 0.05) is 10.8 Å². The van der Waals surface area contributed by atoms with Gasteiger partial charge in [-0.05, 0) is 13.3 Å². The second-order valence-corrected chi connectivity index (χ2v) is 6.38. The van der Waals surface area contributed by atoms with Gasteiger partial charge in [-0.25, -0.2) is 4.79 Å². The Bertz CT molecular complexity index is 264. The van der Waals surface area contributed by atoms with E-state index in [1.54, 1.807) is 6.92 Å². The van der Waals surface area contributed by atoms with Crippen molar-refractivity contribution in [3.05, 3.63) is 12.2 Å². The summed E-state index contributed by atoms with van der Waals surface area (Å²) < 4.78 is 5.08. The summed E-state index contributed by atoms with van der Waals surface area (Å²) >= 11 is 4.45. The zero-order valence-corrected chi connectivity index (χ0v) is 14.2. The van der Waals surface area contributed by atoms with Gasteiger partial charge in [0.25, 0.3) is 0 Å². The molecule has 0 amide bonds. The van der Waals surface area contributed by atoms with Gasteiger partial charge in [-0.15, -0.1) is 0 Å². The molecule has 0 aromatic heterocycles.